The van der Waals surface area contributed by atoms with E-state index in [2.05, 4.69) is 0 Å². The fourth-order valence-electron chi connectivity index (χ4n) is 1.58. The van der Waals surface area contributed by atoms with Crippen molar-refractivity contribution in [3.05, 3.63) is 34.4 Å². The highest BCUT2D eigenvalue weighted by molar-refractivity contribution is 6.30. The minimum absolute atomic E-state index is 0.0881. The molecule has 0 radical (unpaired) electrons. The summed E-state index contributed by atoms with van der Waals surface area (Å²) in [5.41, 5.74) is -0.602. The number of aliphatic carboxylic acids is 1. The molecule has 0 unspecified atom stereocenters. The molecule has 96 valence electrons. The smallest absolute Gasteiger partial charge is 0.430 e. The van der Waals surface area contributed by atoms with Crippen molar-refractivity contribution in [3.8, 4) is 5.75 Å². The second kappa shape index (κ2) is 4.20. The van der Waals surface area contributed by atoms with Gasteiger partial charge in [-0.05, 0) is 24.3 Å². The second-order valence-corrected chi connectivity index (χ2v) is 4.06. The van der Waals surface area contributed by atoms with Crippen LogP contribution in [0.4, 0.5) is 13.2 Å². The highest BCUT2D eigenvalue weighted by atomic mass is 35.5. The first kappa shape index (κ1) is 12.8. The minimum atomic E-state index is -4.80. The molecule has 0 fully saturated rings. The number of hydrogen-bond donors (Lipinski definition) is 1. The Morgan fingerprint density at radius 2 is 2.06 bits per heavy atom. The highest BCUT2D eigenvalue weighted by Gasteiger charge is 2.48. The number of benzene rings is 1. The summed E-state index contributed by atoms with van der Waals surface area (Å²) in [5.74, 6) is -1.76. The number of carbonyl (C=O) groups is 1. The van der Waals surface area contributed by atoms with Crippen LogP contribution in [0, 0.1) is 0 Å². The molecule has 0 saturated carbocycles. The second-order valence-electron chi connectivity index (χ2n) is 3.63. The molecule has 0 aromatic heterocycles. The third-order valence-corrected chi connectivity index (χ3v) is 2.59. The summed E-state index contributed by atoms with van der Waals surface area (Å²) in [5, 5.41) is 8.99. The zero-order chi connectivity index (χ0) is 13.5. The Hall–Kier alpha value is -1.69. The van der Waals surface area contributed by atoms with E-state index in [0.29, 0.717) is 0 Å². The molecule has 18 heavy (non-hydrogen) atoms. The van der Waals surface area contributed by atoms with Crippen LogP contribution < -0.4 is 4.74 Å². The molecule has 2 rings (SSSR count). The number of halogens is 4. The molecule has 3 nitrogen and oxygen atoms in total. The fourth-order valence-corrected chi connectivity index (χ4v) is 1.74. The standard InChI is InChI=1S/C11H6ClF3O3/c12-6-2-1-5-3-7(10(16)17)9(11(13,14)15)18-8(5)4-6/h1-4,9H,(H,16,17)/t9-/m0/s1. The lowest BCUT2D eigenvalue weighted by Gasteiger charge is -2.27. The van der Waals surface area contributed by atoms with E-state index in [4.69, 9.17) is 21.4 Å². The van der Waals surface area contributed by atoms with E-state index in [1.54, 1.807) is 0 Å². The summed E-state index contributed by atoms with van der Waals surface area (Å²) >= 11 is 5.64. The molecular formula is C11H6ClF3O3. The monoisotopic (exact) mass is 278 g/mol. The molecule has 1 aromatic carbocycles. The first-order valence-electron chi connectivity index (χ1n) is 4.77. The van der Waals surface area contributed by atoms with Gasteiger partial charge in [0.1, 0.15) is 5.75 Å². The molecule has 0 aliphatic carbocycles. The SMILES string of the molecule is O=C(O)C1=Cc2ccc(Cl)cc2O[C@@H]1C(F)(F)F. The maximum atomic E-state index is 12.7. The summed E-state index contributed by atoms with van der Waals surface area (Å²) in [6.45, 7) is 0. The Bertz CT molecular complexity index is 537. The normalized spacial score (nSPS) is 18.7. The lowest BCUT2D eigenvalue weighted by atomic mass is 10.0. The average Bonchev–Trinajstić information content (AvgIpc) is 2.25. The molecular weight excluding hydrogens is 273 g/mol. The van der Waals surface area contributed by atoms with Crippen molar-refractivity contribution in [2.75, 3.05) is 0 Å². The Labute approximate surface area is 104 Å². The molecule has 1 N–H and O–H groups in total. The van der Waals surface area contributed by atoms with Gasteiger partial charge in [0.05, 0.1) is 5.57 Å². The largest absolute Gasteiger partial charge is 0.478 e. The Balaban J connectivity index is 2.53. The summed E-state index contributed by atoms with van der Waals surface area (Å²) < 4.78 is 42.7. The van der Waals surface area contributed by atoms with Gasteiger partial charge in [-0.2, -0.15) is 13.2 Å². The molecule has 0 saturated heterocycles. The Morgan fingerprint density at radius 1 is 1.39 bits per heavy atom. The van der Waals surface area contributed by atoms with Crippen molar-refractivity contribution in [1.29, 1.82) is 0 Å². The Morgan fingerprint density at radius 3 is 2.61 bits per heavy atom. The molecule has 1 atom stereocenters. The maximum Gasteiger partial charge on any atom is 0.430 e. The molecule has 1 heterocycles. The lowest BCUT2D eigenvalue weighted by Crippen LogP contribution is -2.40. The van der Waals surface area contributed by atoms with Gasteiger partial charge in [-0.15, -0.1) is 0 Å². The van der Waals surface area contributed by atoms with E-state index in [0.717, 1.165) is 6.08 Å². The summed E-state index contributed by atoms with van der Waals surface area (Å²) in [7, 11) is 0. The number of ether oxygens (including phenoxy) is 1. The van der Waals surface area contributed by atoms with Crippen LogP contribution >= 0.6 is 11.6 Å². The number of rotatable bonds is 1. The van der Waals surface area contributed by atoms with E-state index in [1.807, 2.05) is 0 Å². The number of hydrogen-bond acceptors (Lipinski definition) is 2. The van der Waals surface area contributed by atoms with E-state index >= 15 is 0 Å². The number of carboxylic acid groups (broad SMARTS) is 1. The fraction of sp³-hybridized carbons (Fsp3) is 0.182. The summed E-state index contributed by atoms with van der Waals surface area (Å²) in [4.78, 5) is 10.8. The van der Waals surface area contributed by atoms with Crippen molar-refractivity contribution >= 4 is 23.6 Å². The van der Waals surface area contributed by atoms with Crippen LogP contribution in [0.25, 0.3) is 6.08 Å². The van der Waals surface area contributed by atoms with Crippen LogP contribution in [0.3, 0.4) is 0 Å². The molecule has 1 aromatic rings. The van der Waals surface area contributed by atoms with Crippen LogP contribution in [0.15, 0.2) is 23.8 Å². The van der Waals surface area contributed by atoms with Gasteiger partial charge < -0.3 is 9.84 Å². The summed E-state index contributed by atoms with van der Waals surface area (Å²) in [6, 6.07) is 4.05. The highest BCUT2D eigenvalue weighted by Crippen LogP contribution is 2.38. The van der Waals surface area contributed by atoms with Gasteiger partial charge in [-0.25, -0.2) is 4.79 Å². The van der Waals surface area contributed by atoms with Crippen molar-refractivity contribution < 1.29 is 27.8 Å². The average molecular weight is 279 g/mol. The Kier molecular flexibility index (Phi) is 2.98. The molecule has 0 spiro atoms. The van der Waals surface area contributed by atoms with Gasteiger partial charge in [0.2, 0.25) is 6.10 Å². The topological polar surface area (TPSA) is 46.5 Å². The van der Waals surface area contributed by atoms with Crippen LogP contribution in [0.5, 0.6) is 5.75 Å². The zero-order valence-corrected chi connectivity index (χ0v) is 9.42. The van der Waals surface area contributed by atoms with E-state index in [9.17, 15) is 18.0 Å². The zero-order valence-electron chi connectivity index (χ0n) is 8.66. The van der Waals surface area contributed by atoms with Crippen molar-refractivity contribution in [2.24, 2.45) is 0 Å². The van der Waals surface area contributed by atoms with Crippen molar-refractivity contribution in [2.45, 2.75) is 12.3 Å². The molecule has 1 aliphatic rings. The molecule has 1 aliphatic heterocycles. The van der Waals surface area contributed by atoms with Gasteiger partial charge in [-0.3, -0.25) is 0 Å². The molecule has 0 bridgehead atoms. The number of carboxylic acids is 1. The third-order valence-electron chi connectivity index (χ3n) is 2.36. The van der Waals surface area contributed by atoms with Gasteiger partial charge in [-0.1, -0.05) is 11.6 Å². The van der Waals surface area contributed by atoms with Gasteiger partial charge in [0.25, 0.3) is 0 Å². The van der Waals surface area contributed by atoms with Gasteiger partial charge in [0.15, 0.2) is 0 Å². The number of alkyl halides is 3. The predicted octanol–water partition coefficient (Wildman–Crippen LogP) is 3.13. The third kappa shape index (κ3) is 2.28. The van der Waals surface area contributed by atoms with Gasteiger partial charge >= 0.3 is 12.1 Å². The first-order valence-corrected chi connectivity index (χ1v) is 5.14. The minimum Gasteiger partial charge on any atom is -0.478 e. The quantitative estimate of drug-likeness (QED) is 0.858. The van der Waals surface area contributed by atoms with Crippen LogP contribution in [-0.2, 0) is 4.79 Å². The predicted molar refractivity (Wildman–Crippen MR) is 57.5 cm³/mol. The van der Waals surface area contributed by atoms with Gasteiger partial charge in [0, 0.05) is 10.6 Å². The molecule has 0 amide bonds. The van der Waals surface area contributed by atoms with E-state index < -0.39 is 23.8 Å². The van der Waals surface area contributed by atoms with Crippen LogP contribution in [-0.4, -0.2) is 23.4 Å². The van der Waals surface area contributed by atoms with Crippen molar-refractivity contribution in [3.63, 3.8) is 0 Å². The summed E-state index contributed by atoms with van der Waals surface area (Å²) in [6.07, 6.45) is -6.35. The molecule has 7 heteroatoms. The maximum absolute atomic E-state index is 12.7. The first-order chi connectivity index (χ1) is 8.29. The van der Waals surface area contributed by atoms with E-state index in [-0.39, 0.29) is 16.3 Å². The van der Waals surface area contributed by atoms with E-state index in [1.165, 1.54) is 18.2 Å². The van der Waals surface area contributed by atoms with Crippen LogP contribution in [0.1, 0.15) is 5.56 Å². The lowest BCUT2D eigenvalue weighted by molar-refractivity contribution is -0.187. The van der Waals surface area contributed by atoms with Crippen molar-refractivity contribution in [1.82, 2.24) is 0 Å². The number of fused-ring (bicyclic) bond motifs is 1. The van der Waals surface area contributed by atoms with Crippen LogP contribution in [0.2, 0.25) is 5.02 Å².